The van der Waals surface area contributed by atoms with Crippen molar-refractivity contribution >= 4 is 5.97 Å². The first-order chi connectivity index (χ1) is 11.7. The molecule has 2 rings (SSSR count). The number of hydrogen-bond donors (Lipinski definition) is 0. The monoisotopic (exact) mass is 323 g/mol. The van der Waals surface area contributed by atoms with Crippen LogP contribution in [0.4, 0.5) is 0 Å². The van der Waals surface area contributed by atoms with Crippen molar-refractivity contribution in [1.29, 1.82) is 5.26 Å². The molecule has 0 atom stereocenters. The zero-order valence-electron chi connectivity index (χ0n) is 13.9. The number of benzene rings is 1. The topological polar surface area (TPSA) is 75.9 Å². The largest absolute Gasteiger partial charge is 0.423 e. The minimum absolute atomic E-state index is 0.249. The van der Waals surface area contributed by atoms with Crippen LogP contribution in [-0.4, -0.2) is 15.9 Å². The van der Waals surface area contributed by atoms with E-state index in [1.54, 1.807) is 24.3 Å². The fraction of sp³-hybridized carbons (Fsp3) is 0.368. The summed E-state index contributed by atoms with van der Waals surface area (Å²) in [7, 11) is 0. The number of ether oxygens (including phenoxy) is 1. The molecule has 5 heteroatoms. The molecule has 0 radical (unpaired) electrons. The van der Waals surface area contributed by atoms with E-state index < -0.39 is 0 Å². The van der Waals surface area contributed by atoms with Gasteiger partial charge in [-0.05, 0) is 30.7 Å². The van der Waals surface area contributed by atoms with Crippen LogP contribution in [-0.2, 0) is 4.79 Å². The Labute approximate surface area is 142 Å². The van der Waals surface area contributed by atoms with Crippen molar-refractivity contribution in [2.45, 2.75) is 45.4 Å². The van der Waals surface area contributed by atoms with Crippen molar-refractivity contribution in [3.05, 3.63) is 42.2 Å². The second-order valence-corrected chi connectivity index (χ2v) is 5.57. The van der Waals surface area contributed by atoms with Crippen LogP contribution in [0.5, 0.6) is 5.75 Å². The van der Waals surface area contributed by atoms with E-state index >= 15 is 0 Å². The van der Waals surface area contributed by atoms with Crippen molar-refractivity contribution in [2.75, 3.05) is 0 Å². The molecule has 0 aliphatic rings. The fourth-order valence-electron chi connectivity index (χ4n) is 2.27. The zero-order chi connectivity index (χ0) is 17.2. The summed E-state index contributed by atoms with van der Waals surface area (Å²) in [5, 5.41) is 8.79. The van der Waals surface area contributed by atoms with Gasteiger partial charge in [-0.2, -0.15) is 5.26 Å². The molecule has 124 valence electrons. The van der Waals surface area contributed by atoms with E-state index in [9.17, 15) is 4.79 Å². The average Bonchev–Trinajstić information content (AvgIpc) is 2.62. The van der Waals surface area contributed by atoms with Crippen LogP contribution in [0, 0.1) is 11.3 Å². The summed E-state index contributed by atoms with van der Waals surface area (Å²) in [5.41, 5.74) is 1.39. The highest BCUT2D eigenvalue weighted by Gasteiger charge is 2.07. The van der Waals surface area contributed by atoms with Gasteiger partial charge in [0.1, 0.15) is 0 Å². The number of rotatable bonds is 8. The van der Waals surface area contributed by atoms with Gasteiger partial charge >= 0.3 is 5.97 Å². The first-order valence-corrected chi connectivity index (χ1v) is 8.26. The standard InChI is InChI=1S/C19H21N3O2/c1-2-3-4-5-6-7-18(23)24-17-13-21-19(22-14-17)16-10-8-15(12-20)9-11-16/h8-11,13-14H,2-7H2,1H3. The van der Waals surface area contributed by atoms with E-state index in [0.29, 0.717) is 23.6 Å². The zero-order valence-corrected chi connectivity index (χ0v) is 13.9. The van der Waals surface area contributed by atoms with E-state index in [4.69, 9.17) is 10.00 Å². The highest BCUT2D eigenvalue weighted by atomic mass is 16.5. The summed E-state index contributed by atoms with van der Waals surface area (Å²) in [6.45, 7) is 2.16. The van der Waals surface area contributed by atoms with Gasteiger partial charge in [0.25, 0.3) is 0 Å². The summed E-state index contributed by atoms with van der Waals surface area (Å²) in [6, 6.07) is 9.07. The van der Waals surface area contributed by atoms with Gasteiger partial charge < -0.3 is 4.74 Å². The van der Waals surface area contributed by atoms with Crippen molar-refractivity contribution in [3.8, 4) is 23.2 Å². The van der Waals surface area contributed by atoms with E-state index in [-0.39, 0.29) is 5.97 Å². The first-order valence-electron chi connectivity index (χ1n) is 8.26. The minimum atomic E-state index is -0.249. The summed E-state index contributed by atoms with van der Waals surface area (Å²) in [6.07, 6.45) is 8.87. The van der Waals surface area contributed by atoms with Gasteiger partial charge in [0, 0.05) is 12.0 Å². The fourth-order valence-corrected chi connectivity index (χ4v) is 2.27. The molecular formula is C19H21N3O2. The van der Waals surface area contributed by atoms with Crippen LogP contribution < -0.4 is 4.74 Å². The SMILES string of the molecule is CCCCCCCC(=O)Oc1cnc(-c2ccc(C#N)cc2)nc1. The van der Waals surface area contributed by atoms with Gasteiger partial charge in [-0.25, -0.2) is 9.97 Å². The highest BCUT2D eigenvalue weighted by Crippen LogP contribution is 2.17. The van der Waals surface area contributed by atoms with Gasteiger partial charge in [0.15, 0.2) is 11.6 Å². The molecule has 1 aromatic carbocycles. The van der Waals surface area contributed by atoms with Crippen LogP contribution in [0.15, 0.2) is 36.7 Å². The average molecular weight is 323 g/mol. The van der Waals surface area contributed by atoms with Crippen LogP contribution >= 0.6 is 0 Å². The summed E-state index contributed by atoms with van der Waals surface area (Å²) >= 11 is 0. The van der Waals surface area contributed by atoms with Gasteiger partial charge in [0.2, 0.25) is 0 Å². The van der Waals surface area contributed by atoms with Crippen molar-refractivity contribution < 1.29 is 9.53 Å². The Bertz CT molecular complexity index is 688. The number of nitriles is 1. The predicted octanol–water partition coefficient (Wildman–Crippen LogP) is 4.28. The Kier molecular flexibility index (Phi) is 6.91. The van der Waals surface area contributed by atoms with Crippen molar-refractivity contribution in [2.24, 2.45) is 0 Å². The molecule has 0 amide bonds. The van der Waals surface area contributed by atoms with Crippen LogP contribution in [0.2, 0.25) is 0 Å². The minimum Gasteiger partial charge on any atom is -0.423 e. The molecular weight excluding hydrogens is 302 g/mol. The third kappa shape index (κ3) is 5.47. The Morgan fingerprint density at radius 1 is 1.08 bits per heavy atom. The van der Waals surface area contributed by atoms with Gasteiger partial charge in [-0.15, -0.1) is 0 Å². The van der Waals surface area contributed by atoms with E-state index in [1.165, 1.54) is 25.2 Å². The molecule has 0 bridgehead atoms. The molecule has 0 spiro atoms. The molecule has 0 aliphatic heterocycles. The molecule has 0 unspecified atom stereocenters. The number of hydrogen-bond acceptors (Lipinski definition) is 5. The number of nitrogens with zero attached hydrogens (tertiary/aromatic N) is 3. The molecule has 24 heavy (non-hydrogen) atoms. The lowest BCUT2D eigenvalue weighted by atomic mass is 10.1. The maximum Gasteiger partial charge on any atom is 0.311 e. The second-order valence-electron chi connectivity index (χ2n) is 5.57. The van der Waals surface area contributed by atoms with Gasteiger partial charge in [-0.1, -0.05) is 32.6 Å². The first kappa shape index (κ1) is 17.6. The second kappa shape index (κ2) is 9.41. The quantitative estimate of drug-likeness (QED) is 0.535. The normalized spacial score (nSPS) is 10.2. The third-order valence-corrected chi connectivity index (χ3v) is 3.62. The van der Waals surface area contributed by atoms with Gasteiger partial charge in [-0.3, -0.25) is 4.79 Å². The lowest BCUT2D eigenvalue weighted by molar-refractivity contribution is -0.134. The lowest BCUT2D eigenvalue weighted by Crippen LogP contribution is -2.08. The number of unbranched alkanes of at least 4 members (excludes halogenated alkanes) is 4. The Hall–Kier alpha value is -2.74. The smallest absolute Gasteiger partial charge is 0.311 e. The Morgan fingerprint density at radius 3 is 2.38 bits per heavy atom. The molecule has 0 saturated heterocycles. The van der Waals surface area contributed by atoms with E-state index in [1.807, 2.05) is 0 Å². The van der Waals surface area contributed by atoms with Crippen molar-refractivity contribution in [3.63, 3.8) is 0 Å². The number of carbonyl (C=O) groups excluding carboxylic acids is 1. The summed E-state index contributed by atoms with van der Waals surface area (Å²) < 4.78 is 5.24. The van der Waals surface area contributed by atoms with Crippen LogP contribution in [0.25, 0.3) is 11.4 Å². The summed E-state index contributed by atoms with van der Waals surface area (Å²) in [4.78, 5) is 20.2. The summed E-state index contributed by atoms with van der Waals surface area (Å²) in [5.74, 6) is 0.631. The van der Waals surface area contributed by atoms with E-state index in [2.05, 4.69) is 23.0 Å². The number of aromatic nitrogens is 2. The Morgan fingerprint density at radius 2 is 1.75 bits per heavy atom. The number of carbonyl (C=O) groups is 1. The van der Waals surface area contributed by atoms with Crippen molar-refractivity contribution in [1.82, 2.24) is 9.97 Å². The molecule has 0 saturated carbocycles. The molecule has 1 aromatic heterocycles. The van der Waals surface area contributed by atoms with Crippen LogP contribution in [0.1, 0.15) is 51.0 Å². The lowest BCUT2D eigenvalue weighted by Gasteiger charge is -2.05. The predicted molar refractivity (Wildman–Crippen MR) is 91.2 cm³/mol. The molecule has 1 heterocycles. The highest BCUT2D eigenvalue weighted by molar-refractivity contribution is 5.72. The van der Waals surface area contributed by atoms with Crippen LogP contribution in [0.3, 0.4) is 0 Å². The van der Waals surface area contributed by atoms with E-state index in [0.717, 1.165) is 24.8 Å². The third-order valence-electron chi connectivity index (χ3n) is 3.62. The molecule has 0 fully saturated rings. The Balaban J connectivity index is 1.85. The molecule has 0 N–H and O–H groups in total. The molecule has 2 aromatic rings. The molecule has 0 aliphatic carbocycles. The van der Waals surface area contributed by atoms with Gasteiger partial charge in [0.05, 0.1) is 24.0 Å². The maximum atomic E-state index is 11.8. The molecule has 5 nitrogen and oxygen atoms in total. The number of esters is 1. The maximum absolute atomic E-state index is 11.8.